The van der Waals surface area contributed by atoms with Crippen molar-refractivity contribution in [3.8, 4) is 0 Å². The van der Waals surface area contributed by atoms with Crippen LogP contribution in [0.3, 0.4) is 0 Å². The predicted molar refractivity (Wildman–Crippen MR) is 75.3 cm³/mol. The minimum atomic E-state index is -0.719. The summed E-state index contributed by atoms with van der Waals surface area (Å²) in [5, 5.41) is 2.61. The van der Waals surface area contributed by atoms with E-state index < -0.39 is 11.9 Å². The van der Waals surface area contributed by atoms with Gasteiger partial charge in [0.1, 0.15) is 6.04 Å². The molecule has 0 aliphatic rings. The van der Waals surface area contributed by atoms with Gasteiger partial charge in [0.25, 0.3) is 5.91 Å². The number of hydrogen-bond donors (Lipinski definition) is 5. The molecule has 1 rings (SSSR count). The third-order valence-electron chi connectivity index (χ3n) is 2.68. The second kappa shape index (κ2) is 7.78. The lowest BCUT2D eigenvalue weighted by Crippen LogP contribution is -2.78. The molecule has 0 aromatic heterocycles. The lowest BCUT2D eigenvalue weighted by Gasteiger charge is -2.14. The molecule has 1 aromatic carbocycles. The number of guanidine groups is 1. The van der Waals surface area contributed by atoms with Crippen LogP contribution in [0.25, 0.3) is 0 Å². The molecule has 0 aliphatic heterocycles. The highest BCUT2D eigenvalue weighted by Gasteiger charge is 2.18. The van der Waals surface area contributed by atoms with Crippen molar-refractivity contribution in [2.45, 2.75) is 18.9 Å². The Hall–Kier alpha value is -2.57. The van der Waals surface area contributed by atoms with Crippen LogP contribution in [-0.4, -0.2) is 30.4 Å². The summed E-state index contributed by atoms with van der Waals surface area (Å²) in [6.45, 7) is 0.507. The Bertz CT molecular complexity index is 483. The van der Waals surface area contributed by atoms with E-state index in [9.17, 15) is 9.59 Å². The first-order valence-corrected chi connectivity index (χ1v) is 6.27. The molecular formula is C13H20N5O2+. The monoisotopic (exact) mass is 278 g/mol. The van der Waals surface area contributed by atoms with E-state index in [1.807, 2.05) is 6.07 Å². The third-order valence-corrected chi connectivity index (χ3v) is 2.68. The summed E-state index contributed by atoms with van der Waals surface area (Å²) >= 11 is 0. The average molecular weight is 278 g/mol. The fourth-order valence-corrected chi connectivity index (χ4v) is 1.66. The predicted octanol–water partition coefficient (Wildman–Crippen LogP) is -2.60. The minimum Gasteiger partial charge on any atom is -0.368 e. The zero-order valence-corrected chi connectivity index (χ0v) is 11.1. The van der Waals surface area contributed by atoms with Gasteiger partial charge in [-0.25, -0.2) is 0 Å². The van der Waals surface area contributed by atoms with Crippen molar-refractivity contribution in [2.24, 2.45) is 17.2 Å². The number of benzene rings is 1. The smallest absolute Gasteiger partial charge is 0.338 e. The maximum atomic E-state index is 11.9. The van der Waals surface area contributed by atoms with E-state index in [0.29, 0.717) is 24.9 Å². The number of carbonyl (C=O) groups excluding carboxylic acids is 2. The molecule has 0 spiro atoms. The van der Waals surface area contributed by atoms with E-state index in [2.05, 4.69) is 10.3 Å². The van der Waals surface area contributed by atoms with E-state index in [4.69, 9.17) is 17.2 Å². The molecule has 1 atom stereocenters. The maximum absolute atomic E-state index is 11.9. The Morgan fingerprint density at radius 3 is 2.35 bits per heavy atom. The number of nitrogens with two attached hydrogens (primary N) is 3. The van der Waals surface area contributed by atoms with Crippen LogP contribution < -0.4 is 27.5 Å². The number of rotatable bonds is 7. The van der Waals surface area contributed by atoms with E-state index in [0.717, 1.165) is 0 Å². The first-order chi connectivity index (χ1) is 9.50. The van der Waals surface area contributed by atoms with Crippen LogP contribution in [0.2, 0.25) is 0 Å². The highest BCUT2D eigenvalue weighted by molar-refractivity contribution is 5.97. The molecule has 0 saturated carbocycles. The van der Waals surface area contributed by atoms with Gasteiger partial charge in [-0.3, -0.25) is 26.0 Å². The van der Waals surface area contributed by atoms with Gasteiger partial charge in [0.2, 0.25) is 5.91 Å². The van der Waals surface area contributed by atoms with Crippen molar-refractivity contribution in [2.75, 3.05) is 6.54 Å². The molecule has 0 bridgehead atoms. The van der Waals surface area contributed by atoms with Crippen molar-refractivity contribution in [1.82, 2.24) is 5.32 Å². The van der Waals surface area contributed by atoms with Gasteiger partial charge in [0.05, 0.1) is 6.54 Å². The molecule has 20 heavy (non-hydrogen) atoms. The minimum absolute atomic E-state index is 0.119. The molecule has 0 heterocycles. The van der Waals surface area contributed by atoms with Gasteiger partial charge >= 0.3 is 5.96 Å². The van der Waals surface area contributed by atoms with Crippen LogP contribution in [-0.2, 0) is 4.79 Å². The van der Waals surface area contributed by atoms with Crippen molar-refractivity contribution in [3.05, 3.63) is 35.9 Å². The second-order valence-electron chi connectivity index (χ2n) is 4.32. The standard InChI is InChI=1S/C13H19N5O2/c14-11(19)10(7-4-8-17-13(15)16)18-12(20)9-5-2-1-3-6-9/h1-3,5-6,10H,4,7-8H2,(H2,14,19)(H,18,20)(H4,15,16,17)/p+1/t10-/m0/s1. The van der Waals surface area contributed by atoms with Crippen LogP contribution in [0.15, 0.2) is 30.3 Å². The van der Waals surface area contributed by atoms with Crippen LogP contribution in [0.4, 0.5) is 0 Å². The van der Waals surface area contributed by atoms with Gasteiger partial charge in [0, 0.05) is 5.56 Å². The van der Waals surface area contributed by atoms with Crippen LogP contribution >= 0.6 is 0 Å². The van der Waals surface area contributed by atoms with Gasteiger partial charge in [-0.1, -0.05) is 18.2 Å². The quantitative estimate of drug-likeness (QED) is 0.212. The Morgan fingerprint density at radius 1 is 1.15 bits per heavy atom. The molecule has 108 valence electrons. The fraction of sp³-hybridized carbons (Fsp3) is 0.308. The normalized spacial score (nSPS) is 11.4. The molecule has 0 aliphatic carbocycles. The highest BCUT2D eigenvalue weighted by atomic mass is 16.2. The molecular weight excluding hydrogens is 258 g/mol. The molecule has 0 saturated heterocycles. The van der Waals surface area contributed by atoms with E-state index in [1.54, 1.807) is 24.3 Å². The summed E-state index contributed by atoms with van der Waals surface area (Å²) in [7, 11) is 0. The fourth-order valence-electron chi connectivity index (χ4n) is 1.66. The van der Waals surface area contributed by atoms with Gasteiger partial charge in [0.15, 0.2) is 0 Å². The summed E-state index contributed by atoms with van der Waals surface area (Å²) in [5.41, 5.74) is 16.3. The molecule has 0 fully saturated rings. The zero-order valence-electron chi connectivity index (χ0n) is 11.1. The van der Waals surface area contributed by atoms with Gasteiger partial charge < -0.3 is 11.1 Å². The Balaban J connectivity index is 2.53. The summed E-state index contributed by atoms with van der Waals surface area (Å²) in [5.74, 6) is -0.778. The van der Waals surface area contributed by atoms with Crippen molar-refractivity contribution in [3.63, 3.8) is 0 Å². The molecule has 8 N–H and O–H groups in total. The van der Waals surface area contributed by atoms with E-state index >= 15 is 0 Å². The van der Waals surface area contributed by atoms with Gasteiger partial charge in [-0.2, -0.15) is 0 Å². The third kappa shape index (κ3) is 5.38. The molecule has 0 radical (unpaired) electrons. The zero-order chi connectivity index (χ0) is 15.0. The largest absolute Gasteiger partial charge is 0.368 e. The highest BCUT2D eigenvalue weighted by Crippen LogP contribution is 2.01. The number of amides is 2. The summed E-state index contributed by atoms with van der Waals surface area (Å²) in [4.78, 5) is 26.0. The van der Waals surface area contributed by atoms with Crippen molar-refractivity contribution in [1.29, 1.82) is 0 Å². The molecule has 0 unspecified atom stereocenters. The maximum Gasteiger partial charge on any atom is 0.338 e. The second-order valence-corrected chi connectivity index (χ2v) is 4.32. The molecule has 7 heteroatoms. The van der Waals surface area contributed by atoms with Crippen LogP contribution in [0, 0.1) is 0 Å². The summed E-state index contributed by atoms with van der Waals surface area (Å²) in [6.07, 6.45) is 1.01. The number of nitrogens with one attached hydrogen (secondary N) is 2. The Kier molecular flexibility index (Phi) is 6.02. The topological polar surface area (TPSA) is 138 Å². The Labute approximate surface area is 117 Å². The van der Waals surface area contributed by atoms with E-state index in [1.165, 1.54) is 0 Å². The summed E-state index contributed by atoms with van der Waals surface area (Å²) < 4.78 is 0. The number of primary amides is 1. The molecule has 7 nitrogen and oxygen atoms in total. The lowest BCUT2D eigenvalue weighted by atomic mass is 10.1. The van der Waals surface area contributed by atoms with Crippen LogP contribution in [0.5, 0.6) is 0 Å². The van der Waals surface area contributed by atoms with Gasteiger partial charge in [-0.15, -0.1) is 0 Å². The SMILES string of the molecule is NC(=O)[C@H](CCC[NH+]=C(N)N)NC(=O)c1ccccc1. The van der Waals surface area contributed by atoms with E-state index in [-0.39, 0.29) is 11.9 Å². The number of hydrogen-bond acceptors (Lipinski definition) is 2. The Morgan fingerprint density at radius 2 is 1.80 bits per heavy atom. The van der Waals surface area contributed by atoms with Crippen molar-refractivity contribution < 1.29 is 14.6 Å². The summed E-state index contributed by atoms with van der Waals surface area (Å²) in [6, 6.07) is 7.92. The first-order valence-electron chi connectivity index (χ1n) is 6.27. The van der Waals surface area contributed by atoms with Crippen LogP contribution in [0.1, 0.15) is 23.2 Å². The molecule has 1 aromatic rings. The molecule has 2 amide bonds. The first kappa shape index (κ1) is 15.5. The lowest BCUT2D eigenvalue weighted by molar-refractivity contribution is -0.459. The average Bonchev–Trinajstić information content (AvgIpc) is 2.42. The van der Waals surface area contributed by atoms with Gasteiger partial charge in [-0.05, 0) is 25.0 Å². The van der Waals surface area contributed by atoms with Crippen molar-refractivity contribution >= 4 is 17.8 Å². The number of carbonyl (C=O) groups is 2.